The molecular formula is C17H24N2. The van der Waals surface area contributed by atoms with Gasteiger partial charge in [-0.3, -0.25) is 0 Å². The smallest absolute Gasteiger partial charge is 0.0831 e. The number of hydrogen-bond acceptors (Lipinski definition) is 2. The van der Waals surface area contributed by atoms with Crippen molar-refractivity contribution in [3.63, 3.8) is 0 Å². The van der Waals surface area contributed by atoms with E-state index in [4.69, 9.17) is 0 Å². The molecule has 1 aromatic rings. The van der Waals surface area contributed by atoms with Crippen LogP contribution >= 0.6 is 0 Å². The van der Waals surface area contributed by atoms with Crippen molar-refractivity contribution in [2.24, 2.45) is 0 Å². The van der Waals surface area contributed by atoms with Gasteiger partial charge in [-0.15, -0.1) is 0 Å². The number of nitrogens with zero attached hydrogens (tertiary/aromatic N) is 2. The molecule has 0 N–H and O–H groups in total. The van der Waals surface area contributed by atoms with Gasteiger partial charge in [0.1, 0.15) is 0 Å². The third kappa shape index (κ3) is 3.36. The van der Waals surface area contributed by atoms with E-state index in [9.17, 15) is 5.26 Å². The van der Waals surface area contributed by atoms with E-state index in [0.717, 1.165) is 19.4 Å². The van der Waals surface area contributed by atoms with Gasteiger partial charge in [0.15, 0.2) is 0 Å². The zero-order valence-corrected chi connectivity index (χ0v) is 11.9. The van der Waals surface area contributed by atoms with Gasteiger partial charge in [0, 0.05) is 0 Å². The molecule has 1 unspecified atom stereocenters. The van der Waals surface area contributed by atoms with Crippen LogP contribution in [0.25, 0.3) is 0 Å². The minimum Gasteiger partial charge on any atom is -0.303 e. The van der Waals surface area contributed by atoms with Gasteiger partial charge in [-0.2, -0.15) is 5.26 Å². The van der Waals surface area contributed by atoms with Gasteiger partial charge in [-0.1, -0.05) is 43.7 Å². The van der Waals surface area contributed by atoms with E-state index in [2.05, 4.69) is 30.0 Å². The molecule has 0 aromatic heterocycles. The quantitative estimate of drug-likeness (QED) is 0.802. The lowest BCUT2D eigenvalue weighted by molar-refractivity contribution is 0.212. The fraction of sp³-hybridized carbons (Fsp3) is 0.588. The highest BCUT2D eigenvalue weighted by Gasteiger charge is 2.30. The third-order valence-electron chi connectivity index (χ3n) is 4.45. The number of likely N-dealkylation sites (tertiary alicyclic amines) is 1. The Bertz CT molecular complexity index is 415. The summed E-state index contributed by atoms with van der Waals surface area (Å²) in [7, 11) is 0. The normalized spacial score (nSPS) is 19.6. The summed E-state index contributed by atoms with van der Waals surface area (Å²) in [6, 6.07) is 12.9. The second kappa shape index (κ2) is 6.73. The predicted octanol–water partition coefficient (Wildman–Crippen LogP) is 3.73. The number of hydrogen-bond donors (Lipinski definition) is 0. The Hall–Kier alpha value is -1.33. The first-order valence-corrected chi connectivity index (χ1v) is 7.50. The van der Waals surface area contributed by atoms with E-state index in [-0.39, 0.29) is 5.41 Å². The van der Waals surface area contributed by atoms with Gasteiger partial charge in [-0.05, 0) is 50.9 Å². The summed E-state index contributed by atoms with van der Waals surface area (Å²) in [5.74, 6) is 0. The van der Waals surface area contributed by atoms with Crippen molar-refractivity contribution in [3.05, 3.63) is 35.9 Å². The van der Waals surface area contributed by atoms with Crippen molar-refractivity contribution >= 4 is 0 Å². The summed E-state index contributed by atoms with van der Waals surface area (Å²) in [6.07, 6.45) is 5.84. The molecule has 102 valence electrons. The maximum atomic E-state index is 9.69. The van der Waals surface area contributed by atoms with Gasteiger partial charge >= 0.3 is 0 Å². The molecule has 2 rings (SSSR count). The van der Waals surface area contributed by atoms with Crippen LogP contribution in [0.15, 0.2) is 30.3 Å². The standard InChI is InChI=1S/C17H24N2/c1-2-17(15-18,16-9-5-3-6-10-16)11-14-19-12-7-4-8-13-19/h3,5-6,9-10H,2,4,7-8,11-14H2,1H3. The molecule has 1 aliphatic heterocycles. The number of nitriles is 1. The molecule has 1 aliphatic rings. The van der Waals surface area contributed by atoms with E-state index < -0.39 is 0 Å². The van der Waals surface area contributed by atoms with Crippen molar-refractivity contribution in [1.29, 1.82) is 5.26 Å². The van der Waals surface area contributed by atoms with Crippen LogP contribution in [0, 0.1) is 11.3 Å². The molecule has 19 heavy (non-hydrogen) atoms. The third-order valence-corrected chi connectivity index (χ3v) is 4.45. The van der Waals surface area contributed by atoms with Crippen molar-refractivity contribution in [2.75, 3.05) is 19.6 Å². The van der Waals surface area contributed by atoms with E-state index in [1.807, 2.05) is 18.2 Å². The van der Waals surface area contributed by atoms with E-state index in [1.54, 1.807) is 0 Å². The first kappa shape index (κ1) is 14.1. The molecule has 2 heteroatoms. The van der Waals surface area contributed by atoms with Gasteiger partial charge in [0.2, 0.25) is 0 Å². The summed E-state index contributed by atoms with van der Waals surface area (Å²) in [5.41, 5.74) is 0.871. The SMILES string of the molecule is CCC(C#N)(CCN1CCCCC1)c1ccccc1. The molecule has 1 fully saturated rings. The number of piperidine rings is 1. The molecule has 1 aromatic carbocycles. The van der Waals surface area contributed by atoms with Crippen molar-refractivity contribution in [3.8, 4) is 6.07 Å². The van der Waals surface area contributed by atoms with Crippen LogP contribution in [0.4, 0.5) is 0 Å². The molecule has 0 amide bonds. The van der Waals surface area contributed by atoms with E-state index in [1.165, 1.54) is 37.9 Å². The summed E-state index contributed by atoms with van der Waals surface area (Å²) in [5, 5.41) is 9.69. The number of rotatable bonds is 5. The Morgan fingerprint density at radius 2 is 1.84 bits per heavy atom. The predicted molar refractivity (Wildman–Crippen MR) is 78.9 cm³/mol. The maximum absolute atomic E-state index is 9.69. The minimum atomic E-state index is -0.307. The molecule has 0 saturated carbocycles. The Kier molecular flexibility index (Phi) is 4.99. The fourth-order valence-corrected chi connectivity index (χ4v) is 3.01. The van der Waals surface area contributed by atoms with Crippen molar-refractivity contribution in [2.45, 2.75) is 44.4 Å². The van der Waals surface area contributed by atoms with E-state index in [0.29, 0.717) is 0 Å². The van der Waals surface area contributed by atoms with Crippen LogP contribution in [-0.2, 0) is 5.41 Å². The lowest BCUT2D eigenvalue weighted by Crippen LogP contribution is -2.35. The van der Waals surface area contributed by atoms with Crippen LogP contribution in [0.2, 0.25) is 0 Å². The van der Waals surface area contributed by atoms with Crippen LogP contribution < -0.4 is 0 Å². The highest BCUT2D eigenvalue weighted by atomic mass is 15.1. The van der Waals surface area contributed by atoms with Crippen molar-refractivity contribution < 1.29 is 0 Å². The zero-order chi connectivity index (χ0) is 13.6. The zero-order valence-electron chi connectivity index (χ0n) is 11.9. The molecule has 2 nitrogen and oxygen atoms in total. The van der Waals surface area contributed by atoms with E-state index >= 15 is 0 Å². The van der Waals surface area contributed by atoms with Gasteiger partial charge in [0.05, 0.1) is 11.5 Å². The van der Waals surface area contributed by atoms with Gasteiger partial charge in [-0.25, -0.2) is 0 Å². The molecule has 0 radical (unpaired) electrons. The topological polar surface area (TPSA) is 27.0 Å². The molecular weight excluding hydrogens is 232 g/mol. The molecule has 1 heterocycles. The Morgan fingerprint density at radius 3 is 2.42 bits per heavy atom. The molecule has 0 spiro atoms. The average molecular weight is 256 g/mol. The summed E-state index contributed by atoms with van der Waals surface area (Å²) in [4.78, 5) is 2.52. The first-order chi connectivity index (χ1) is 9.30. The summed E-state index contributed by atoms with van der Waals surface area (Å²) < 4.78 is 0. The second-order valence-electron chi connectivity index (χ2n) is 5.57. The molecule has 1 atom stereocenters. The van der Waals surface area contributed by atoms with Gasteiger partial charge in [0.25, 0.3) is 0 Å². The monoisotopic (exact) mass is 256 g/mol. The van der Waals surface area contributed by atoms with Crippen LogP contribution in [-0.4, -0.2) is 24.5 Å². The number of benzene rings is 1. The maximum Gasteiger partial charge on any atom is 0.0831 e. The Balaban J connectivity index is 2.05. The van der Waals surface area contributed by atoms with Gasteiger partial charge < -0.3 is 4.90 Å². The average Bonchev–Trinajstić information content (AvgIpc) is 2.51. The lowest BCUT2D eigenvalue weighted by atomic mass is 9.76. The Morgan fingerprint density at radius 1 is 1.16 bits per heavy atom. The first-order valence-electron chi connectivity index (χ1n) is 7.50. The van der Waals surface area contributed by atoms with Crippen LogP contribution in [0.1, 0.15) is 44.6 Å². The summed E-state index contributed by atoms with van der Waals surface area (Å²) >= 11 is 0. The fourth-order valence-electron chi connectivity index (χ4n) is 3.01. The highest BCUT2D eigenvalue weighted by Crippen LogP contribution is 2.31. The van der Waals surface area contributed by atoms with Crippen LogP contribution in [0.5, 0.6) is 0 Å². The minimum absolute atomic E-state index is 0.307. The molecule has 1 saturated heterocycles. The van der Waals surface area contributed by atoms with Crippen molar-refractivity contribution in [1.82, 2.24) is 4.90 Å². The largest absolute Gasteiger partial charge is 0.303 e. The lowest BCUT2D eigenvalue weighted by Gasteiger charge is -2.31. The second-order valence-corrected chi connectivity index (χ2v) is 5.57. The van der Waals surface area contributed by atoms with Crippen LogP contribution in [0.3, 0.4) is 0 Å². The Labute approximate surface area is 117 Å². The molecule has 0 bridgehead atoms. The summed E-state index contributed by atoms with van der Waals surface area (Å²) in [6.45, 7) is 5.60. The highest BCUT2D eigenvalue weighted by molar-refractivity contribution is 5.32. The molecule has 0 aliphatic carbocycles.